The summed E-state index contributed by atoms with van der Waals surface area (Å²) in [6.07, 6.45) is 5.71. The number of aryl methyl sites for hydroxylation is 1. The van der Waals surface area contributed by atoms with Gasteiger partial charge in [-0.1, -0.05) is 12.1 Å². The number of carbonyl (C=O) groups excluding carboxylic acids is 2. The first-order valence-corrected chi connectivity index (χ1v) is 14.6. The summed E-state index contributed by atoms with van der Waals surface area (Å²) in [4.78, 5) is 29.7. The van der Waals surface area contributed by atoms with E-state index in [4.69, 9.17) is 5.10 Å². The number of likely N-dealkylation sites (tertiary alicyclic amines) is 1. The van der Waals surface area contributed by atoms with Crippen molar-refractivity contribution in [2.24, 2.45) is 13.0 Å². The molecule has 13 nitrogen and oxygen atoms in total. The molecule has 1 aliphatic carbocycles. The molecule has 13 heteroatoms. The zero-order chi connectivity index (χ0) is 29.8. The van der Waals surface area contributed by atoms with Crippen molar-refractivity contribution in [2.45, 2.75) is 38.4 Å². The molecule has 2 fully saturated rings. The molecular weight excluding hydrogens is 546 g/mol. The smallest absolute Gasteiger partial charge is 0.273 e. The van der Waals surface area contributed by atoms with E-state index in [9.17, 15) is 9.59 Å². The largest absolute Gasteiger partial charge is 0.364 e. The van der Waals surface area contributed by atoms with Crippen LogP contribution in [-0.2, 0) is 18.4 Å². The summed E-state index contributed by atoms with van der Waals surface area (Å²) >= 11 is 0. The molecule has 0 radical (unpaired) electrons. The molecule has 7 rings (SSSR count). The van der Waals surface area contributed by atoms with E-state index < -0.39 is 0 Å². The highest BCUT2D eigenvalue weighted by molar-refractivity contribution is 6.01. The fourth-order valence-corrected chi connectivity index (χ4v) is 6.06. The maximum absolute atomic E-state index is 12.7. The summed E-state index contributed by atoms with van der Waals surface area (Å²) < 4.78 is 4.03. The van der Waals surface area contributed by atoms with Gasteiger partial charge in [-0.2, -0.15) is 10.2 Å². The first-order valence-electron chi connectivity index (χ1n) is 14.6. The number of anilines is 4. The number of rotatable bonds is 8. The van der Waals surface area contributed by atoms with Crippen LogP contribution in [-0.4, -0.2) is 73.7 Å². The van der Waals surface area contributed by atoms with Crippen molar-refractivity contribution in [1.29, 1.82) is 0 Å². The molecule has 0 bridgehead atoms. The van der Waals surface area contributed by atoms with Crippen LogP contribution in [0.1, 0.15) is 53.7 Å². The van der Waals surface area contributed by atoms with Gasteiger partial charge < -0.3 is 20.9 Å². The predicted octanol–water partition coefficient (Wildman–Crippen LogP) is 3.09. The Morgan fingerprint density at radius 3 is 2.58 bits per heavy atom. The van der Waals surface area contributed by atoms with Crippen molar-refractivity contribution in [2.75, 3.05) is 42.7 Å². The Morgan fingerprint density at radius 1 is 1.05 bits per heavy atom. The van der Waals surface area contributed by atoms with Gasteiger partial charge >= 0.3 is 0 Å². The average molecular weight is 582 g/mol. The van der Waals surface area contributed by atoms with Gasteiger partial charge in [0.05, 0.1) is 46.7 Å². The molecule has 1 saturated heterocycles. The molecule has 1 aromatic carbocycles. The van der Waals surface area contributed by atoms with Crippen LogP contribution in [0.15, 0.2) is 42.7 Å². The summed E-state index contributed by atoms with van der Waals surface area (Å²) in [5.74, 6) is -0.121. The Bertz CT molecular complexity index is 1720. The second-order valence-electron chi connectivity index (χ2n) is 11.7. The van der Waals surface area contributed by atoms with E-state index in [1.54, 1.807) is 13.1 Å². The highest BCUT2D eigenvalue weighted by Gasteiger charge is 2.37. The van der Waals surface area contributed by atoms with Gasteiger partial charge in [-0.3, -0.25) is 23.9 Å². The van der Waals surface area contributed by atoms with Crippen molar-refractivity contribution in [3.05, 3.63) is 59.8 Å². The van der Waals surface area contributed by atoms with E-state index >= 15 is 0 Å². The van der Waals surface area contributed by atoms with Crippen molar-refractivity contribution < 1.29 is 9.59 Å². The number of nitrogens with one attached hydrogen (secondary N) is 3. The minimum atomic E-state index is -0.372. The van der Waals surface area contributed by atoms with Crippen molar-refractivity contribution >= 4 is 34.7 Å². The van der Waals surface area contributed by atoms with Crippen LogP contribution >= 0.6 is 0 Å². The molecule has 3 N–H and O–H groups in total. The summed E-state index contributed by atoms with van der Waals surface area (Å²) in [5.41, 5.74) is 6.84. The molecule has 2 aliphatic heterocycles. The van der Waals surface area contributed by atoms with Crippen LogP contribution in [0.3, 0.4) is 0 Å². The topological polar surface area (TPSA) is 138 Å². The molecule has 1 atom stereocenters. The third-order valence-corrected chi connectivity index (χ3v) is 8.63. The molecule has 5 heterocycles. The van der Waals surface area contributed by atoms with E-state index in [-0.39, 0.29) is 29.5 Å². The van der Waals surface area contributed by atoms with E-state index in [1.165, 1.54) is 5.69 Å². The molecule has 3 aliphatic rings. The van der Waals surface area contributed by atoms with Crippen LogP contribution in [0.2, 0.25) is 0 Å². The number of hydrogen-bond acceptors (Lipinski definition) is 9. The summed E-state index contributed by atoms with van der Waals surface area (Å²) in [6, 6.07) is 10.2. The number of amides is 2. The summed E-state index contributed by atoms with van der Waals surface area (Å²) in [7, 11) is 5.57. The zero-order valence-corrected chi connectivity index (χ0v) is 24.7. The Kier molecular flexibility index (Phi) is 6.61. The van der Waals surface area contributed by atoms with E-state index in [0.717, 1.165) is 60.7 Å². The number of fused-ring (bicyclic) bond motifs is 3. The van der Waals surface area contributed by atoms with E-state index in [1.807, 2.05) is 36.3 Å². The maximum Gasteiger partial charge on any atom is 0.273 e. The molecule has 2 amide bonds. The Hall–Kier alpha value is -4.78. The quantitative estimate of drug-likeness (QED) is 0.287. The molecule has 1 unspecified atom stereocenters. The number of nitrogens with zero attached hydrogens (tertiary/aromatic N) is 8. The van der Waals surface area contributed by atoms with Gasteiger partial charge in [0.25, 0.3) is 5.91 Å². The third-order valence-electron chi connectivity index (χ3n) is 8.63. The van der Waals surface area contributed by atoms with Gasteiger partial charge in [-0.25, -0.2) is 0 Å². The van der Waals surface area contributed by atoms with Gasteiger partial charge in [0.2, 0.25) is 5.91 Å². The number of hydrogen-bond donors (Lipinski definition) is 3. The normalized spacial score (nSPS) is 18.0. The van der Waals surface area contributed by atoms with Gasteiger partial charge in [0.1, 0.15) is 0 Å². The molecule has 43 heavy (non-hydrogen) atoms. The fraction of sp³-hybridized carbons (Fsp3) is 0.400. The number of aromatic nitrogens is 6. The fourth-order valence-electron chi connectivity index (χ4n) is 6.06. The van der Waals surface area contributed by atoms with Crippen LogP contribution < -0.4 is 20.9 Å². The first kappa shape index (κ1) is 27.1. The van der Waals surface area contributed by atoms with Crippen molar-refractivity contribution in [3.8, 4) is 11.1 Å². The second kappa shape index (κ2) is 10.5. The van der Waals surface area contributed by atoms with Crippen molar-refractivity contribution in [1.82, 2.24) is 40.0 Å². The lowest BCUT2D eigenvalue weighted by molar-refractivity contribution is -0.117. The van der Waals surface area contributed by atoms with E-state index in [2.05, 4.69) is 71.8 Å². The molecule has 0 spiro atoms. The third kappa shape index (κ3) is 4.88. The average Bonchev–Trinajstić information content (AvgIpc) is 3.62. The Labute approximate surface area is 249 Å². The SMILES string of the molecule is CNC(=O)c1nnc(NC(=O)C2CC2)cc1Nc1cccc2c1N(C)C(C)c1c-2cnn1C1CN(Cc2ccn(C)n2)C1. The number of carbonyl (C=O) groups is 2. The van der Waals surface area contributed by atoms with Crippen molar-refractivity contribution in [3.63, 3.8) is 0 Å². The Morgan fingerprint density at radius 2 is 1.86 bits per heavy atom. The highest BCUT2D eigenvalue weighted by Crippen LogP contribution is 2.49. The second-order valence-corrected chi connectivity index (χ2v) is 11.7. The number of para-hydroxylation sites is 1. The van der Waals surface area contributed by atoms with Crippen LogP contribution in [0.25, 0.3) is 11.1 Å². The minimum absolute atomic E-state index is 0.0205. The lowest BCUT2D eigenvalue weighted by Gasteiger charge is -2.42. The number of benzene rings is 1. The summed E-state index contributed by atoms with van der Waals surface area (Å²) in [6.45, 7) is 4.87. The maximum atomic E-state index is 12.7. The minimum Gasteiger partial charge on any atom is -0.364 e. The Balaban J connectivity index is 1.17. The molecule has 222 valence electrons. The zero-order valence-electron chi connectivity index (χ0n) is 24.7. The lowest BCUT2D eigenvalue weighted by Crippen LogP contribution is -2.48. The molecule has 3 aromatic heterocycles. The predicted molar refractivity (Wildman–Crippen MR) is 162 cm³/mol. The van der Waals surface area contributed by atoms with Crippen LogP contribution in [0, 0.1) is 5.92 Å². The summed E-state index contributed by atoms with van der Waals surface area (Å²) in [5, 5.41) is 26.6. The van der Waals surface area contributed by atoms with Crippen LogP contribution in [0.5, 0.6) is 0 Å². The van der Waals surface area contributed by atoms with Gasteiger partial charge in [-0.05, 0) is 31.9 Å². The lowest BCUT2D eigenvalue weighted by atomic mass is 9.93. The van der Waals surface area contributed by atoms with Crippen LogP contribution in [0.4, 0.5) is 22.9 Å². The van der Waals surface area contributed by atoms with Gasteiger partial charge in [0.15, 0.2) is 11.5 Å². The molecule has 1 saturated carbocycles. The standard InChI is InChI=1S/C30H35N11O2/c1-17-27-22(13-32-41(27)20-15-40(16-20)14-19-10-11-38(3)37-19)21-6-5-7-23(28(21)39(17)4)33-24-12-25(34-29(42)18-8-9-18)35-36-26(24)30(43)31-2/h5-7,10-13,17-18,20H,8-9,14-16H2,1-4H3,(H,31,43)(H2,33,34,35,42). The first-order chi connectivity index (χ1) is 20.8. The van der Waals surface area contributed by atoms with Gasteiger partial charge in [-0.15, -0.1) is 10.2 Å². The monoisotopic (exact) mass is 581 g/mol. The van der Waals surface area contributed by atoms with E-state index in [0.29, 0.717) is 17.5 Å². The molecule has 4 aromatic rings. The highest BCUT2D eigenvalue weighted by atomic mass is 16.2. The van der Waals surface area contributed by atoms with Gasteiger partial charge in [0, 0.05) is 70.1 Å². The molecular formula is C30H35N11O2.